The van der Waals surface area contributed by atoms with Crippen LogP contribution in [0.15, 0.2) is 24.7 Å². The van der Waals surface area contributed by atoms with E-state index in [0.29, 0.717) is 48.4 Å². The van der Waals surface area contributed by atoms with E-state index in [-0.39, 0.29) is 23.7 Å². The summed E-state index contributed by atoms with van der Waals surface area (Å²) in [6.07, 6.45) is 5.92. The van der Waals surface area contributed by atoms with E-state index >= 15 is 0 Å². The fraction of sp³-hybridized carbons (Fsp3) is 0.400. The lowest BCUT2D eigenvalue weighted by Gasteiger charge is -2.20. The number of nitrogens with one attached hydrogen (secondary N) is 2. The summed E-state index contributed by atoms with van der Waals surface area (Å²) >= 11 is 6.06. The zero-order valence-electron chi connectivity index (χ0n) is 16.1. The van der Waals surface area contributed by atoms with Gasteiger partial charge in [-0.3, -0.25) is 4.79 Å². The molecule has 0 bridgehead atoms. The van der Waals surface area contributed by atoms with Crippen LogP contribution < -0.4 is 5.32 Å². The van der Waals surface area contributed by atoms with Crippen molar-refractivity contribution in [1.82, 2.24) is 24.8 Å². The highest BCUT2D eigenvalue weighted by atomic mass is 35.5. The van der Waals surface area contributed by atoms with Crippen molar-refractivity contribution >= 4 is 34.4 Å². The molecule has 1 unspecified atom stereocenters. The van der Waals surface area contributed by atoms with Gasteiger partial charge in [0, 0.05) is 49.1 Å². The van der Waals surface area contributed by atoms with Gasteiger partial charge >= 0.3 is 0 Å². The first kappa shape index (κ1) is 19.2. The summed E-state index contributed by atoms with van der Waals surface area (Å²) < 4.78 is 19.7. The molecule has 2 atom stereocenters. The van der Waals surface area contributed by atoms with Crippen LogP contribution in [0, 0.1) is 11.7 Å². The van der Waals surface area contributed by atoms with E-state index < -0.39 is 5.82 Å². The molecule has 0 spiro atoms. The van der Waals surface area contributed by atoms with Crippen LogP contribution in [0.4, 0.5) is 10.2 Å². The van der Waals surface area contributed by atoms with E-state index in [9.17, 15) is 9.18 Å². The summed E-state index contributed by atoms with van der Waals surface area (Å²) in [4.78, 5) is 30.2. The summed E-state index contributed by atoms with van der Waals surface area (Å²) in [5, 5.41) is 4.40. The molecule has 10 heteroatoms. The third-order valence-corrected chi connectivity index (χ3v) is 5.81. The number of rotatable bonds is 4. The Hall–Kier alpha value is -2.78. The number of carbonyl (C=O) groups excluding carboxylic acids is 1. The monoisotopic (exact) mass is 430 g/mol. The normalized spacial score (nSPS) is 21.5. The maximum absolute atomic E-state index is 14.4. The zero-order valence-corrected chi connectivity index (χ0v) is 16.8. The fourth-order valence-electron chi connectivity index (χ4n) is 4.02. The number of amides is 1. The molecule has 0 aromatic carbocycles. The fourth-order valence-corrected chi connectivity index (χ4v) is 4.18. The quantitative estimate of drug-likeness (QED) is 0.660. The molecule has 1 amide bonds. The van der Waals surface area contributed by atoms with Gasteiger partial charge in [0.1, 0.15) is 5.65 Å². The van der Waals surface area contributed by atoms with Gasteiger partial charge in [0.2, 0.25) is 5.91 Å². The maximum Gasteiger partial charge on any atom is 0.228 e. The summed E-state index contributed by atoms with van der Waals surface area (Å²) in [5.74, 6) is -0.00271. The average molecular weight is 431 g/mol. The van der Waals surface area contributed by atoms with Crippen molar-refractivity contribution in [2.24, 2.45) is 5.92 Å². The Labute approximate surface area is 176 Å². The zero-order chi connectivity index (χ0) is 20.7. The van der Waals surface area contributed by atoms with Crippen molar-refractivity contribution in [2.45, 2.75) is 18.9 Å². The first-order valence-electron chi connectivity index (χ1n) is 9.87. The molecule has 8 nitrogen and oxygen atoms in total. The van der Waals surface area contributed by atoms with Crippen LogP contribution in [0.5, 0.6) is 0 Å². The highest BCUT2D eigenvalue weighted by Gasteiger charge is 2.33. The molecule has 3 aromatic heterocycles. The lowest BCUT2D eigenvalue weighted by molar-refractivity contribution is -0.134. The highest BCUT2D eigenvalue weighted by molar-refractivity contribution is 6.31. The average Bonchev–Trinajstić information content (AvgIpc) is 3.50. The van der Waals surface area contributed by atoms with Crippen molar-refractivity contribution in [3.05, 3.63) is 35.5 Å². The van der Waals surface area contributed by atoms with Crippen molar-refractivity contribution in [3.63, 3.8) is 0 Å². The number of hydrogen-bond acceptors (Lipinski definition) is 6. The predicted octanol–water partition coefficient (Wildman–Crippen LogP) is 2.86. The molecule has 5 rings (SSSR count). The standard InChI is InChI=1S/C20H20ClFN6O2/c21-12-5-14-15(7-24-17(14)23-6-12)18-25-8-16(22)19(27-18)26-13-1-3-28(9-13)20(29)11-2-4-30-10-11/h5-8,11,13H,1-4,9-10H2,(H,23,24)(H,25,26,27)/t11?,13-/m0/s1. The van der Waals surface area contributed by atoms with Crippen molar-refractivity contribution in [1.29, 1.82) is 0 Å². The van der Waals surface area contributed by atoms with Gasteiger partial charge in [-0.25, -0.2) is 19.3 Å². The van der Waals surface area contributed by atoms with Gasteiger partial charge in [0.15, 0.2) is 17.5 Å². The number of hydrogen-bond donors (Lipinski definition) is 2. The number of fused-ring (bicyclic) bond motifs is 1. The number of likely N-dealkylation sites (tertiary alicyclic amines) is 1. The third kappa shape index (κ3) is 3.59. The highest BCUT2D eigenvalue weighted by Crippen LogP contribution is 2.29. The number of anilines is 1. The first-order valence-corrected chi connectivity index (χ1v) is 10.2. The SMILES string of the molecule is O=C(C1CCOC1)N1CC[C@H](Nc2nc(-c3c[nH]c4ncc(Cl)cc34)ncc2F)C1. The summed E-state index contributed by atoms with van der Waals surface area (Å²) in [6.45, 7) is 2.27. The van der Waals surface area contributed by atoms with Gasteiger partial charge in [-0.15, -0.1) is 0 Å². The smallest absolute Gasteiger partial charge is 0.228 e. The Morgan fingerprint density at radius 1 is 1.33 bits per heavy atom. The second kappa shape index (κ2) is 7.81. The van der Waals surface area contributed by atoms with Crippen LogP contribution in [-0.2, 0) is 9.53 Å². The van der Waals surface area contributed by atoms with Crippen molar-refractivity contribution in [2.75, 3.05) is 31.6 Å². The molecule has 2 N–H and O–H groups in total. The lowest BCUT2D eigenvalue weighted by Crippen LogP contribution is -2.36. The first-order chi connectivity index (χ1) is 14.6. The minimum atomic E-state index is -0.538. The van der Waals surface area contributed by atoms with Crippen LogP contribution >= 0.6 is 11.6 Å². The van der Waals surface area contributed by atoms with Gasteiger partial charge in [0.25, 0.3) is 0 Å². The number of H-pyrrole nitrogens is 1. The molecule has 5 heterocycles. The third-order valence-electron chi connectivity index (χ3n) is 5.60. The largest absolute Gasteiger partial charge is 0.381 e. The van der Waals surface area contributed by atoms with Crippen molar-refractivity contribution < 1.29 is 13.9 Å². The Bertz CT molecular complexity index is 1100. The van der Waals surface area contributed by atoms with E-state index in [4.69, 9.17) is 16.3 Å². The maximum atomic E-state index is 14.4. The van der Waals surface area contributed by atoms with Gasteiger partial charge in [-0.2, -0.15) is 0 Å². The van der Waals surface area contributed by atoms with Gasteiger partial charge in [-0.1, -0.05) is 11.6 Å². The minimum absolute atomic E-state index is 0.0616. The van der Waals surface area contributed by atoms with Crippen LogP contribution in [0.2, 0.25) is 5.02 Å². The van der Waals surface area contributed by atoms with Crippen molar-refractivity contribution in [3.8, 4) is 11.4 Å². The van der Waals surface area contributed by atoms with Gasteiger partial charge in [0.05, 0.1) is 23.7 Å². The number of aromatic nitrogens is 4. The number of aromatic amines is 1. The molecule has 156 valence electrons. The van der Waals surface area contributed by atoms with E-state index in [2.05, 4.69) is 25.3 Å². The number of pyridine rings is 1. The number of carbonyl (C=O) groups is 1. The number of nitrogens with zero attached hydrogens (tertiary/aromatic N) is 4. The Morgan fingerprint density at radius 2 is 2.23 bits per heavy atom. The molecular formula is C20H20ClFN6O2. The number of ether oxygens (including phenoxy) is 1. The second-order valence-corrected chi connectivity index (χ2v) is 8.05. The lowest BCUT2D eigenvalue weighted by atomic mass is 10.1. The van der Waals surface area contributed by atoms with Crippen LogP contribution in [0.25, 0.3) is 22.4 Å². The predicted molar refractivity (Wildman–Crippen MR) is 110 cm³/mol. The Morgan fingerprint density at radius 3 is 3.07 bits per heavy atom. The van der Waals surface area contributed by atoms with Crippen LogP contribution in [-0.4, -0.2) is 63.1 Å². The molecule has 2 aliphatic rings. The van der Waals surface area contributed by atoms with E-state index in [1.807, 2.05) is 4.90 Å². The minimum Gasteiger partial charge on any atom is -0.381 e. The summed E-state index contributed by atoms with van der Waals surface area (Å²) in [7, 11) is 0. The van der Waals surface area contributed by atoms with Crippen LogP contribution in [0.1, 0.15) is 12.8 Å². The molecular weight excluding hydrogens is 411 g/mol. The van der Waals surface area contributed by atoms with E-state index in [1.165, 1.54) is 0 Å². The van der Waals surface area contributed by atoms with E-state index in [1.54, 1.807) is 18.5 Å². The summed E-state index contributed by atoms with van der Waals surface area (Å²) in [6, 6.07) is 1.69. The number of halogens is 2. The van der Waals surface area contributed by atoms with Gasteiger partial charge in [-0.05, 0) is 18.9 Å². The molecule has 0 aliphatic carbocycles. The molecule has 0 radical (unpaired) electrons. The molecule has 0 saturated carbocycles. The molecule has 2 aliphatic heterocycles. The second-order valence-electron chi connectivity index (χ2n) is 7.62. The topological polar surface area (TPSA) is 96.0 Å². The molecule has 2 fully saturated rings. The molecule has 3 aromatic rings. The molecule has 30 heavy (non-hydrogen) atoms. The van der Waals surface area contributed by atoms with Gasteiger partial charge < -0.3 is 19.9 Å². The molecule has 2 saturated heterocycles. The van der Waals surface area contributed by atoms with E-state index in [0.717, 1.165) is 24.4 Å². The Balaban J connectivity index is 1.34. The van der Waals surface area contributed by atoms with Crippen LogP contribution in [0.3, 0.4) is 0 Å². The summed E-state index contributed by atoms with van der Waals surface area (Å²) in [5.41, 5.74) is 1.34. The Kier molecular flexibility index (Phi) is 5.00.